The molecule has 0 radical (unpaired) electrons. The van der Waals surface area contributed by atoms with E-state index in [9.17, 15) is 0 Å². The van der Waals surface area contributed by atoms with Crippen LogP contribution in [0.4, 0.5) is 5.13 Å². The molecule has 2 rings (SSSR count). The van der Waals surface area contributed by atoms with E-state index in [0.29, 0.717) is 10.0 Å². The standard InChI is InChI=1S/C10H10Cl2N2OS2/c1-14(4-6-2-3-8(11)16-6)10-13-9(12)7(5-15)17-10/h2-3,15H,4-5H2,1H3. The quantitative estimate of drug-likeness (QED) is 0.937. The Morgan fingerprint density at radius 1 is 1.35 bits per heavy atom. The summed E-state index contributed by atoms with van der Waals surface area (Å²) in [5, 5.41) is 10.2. The number of hydrogen-bond acceptors (Lipinski definition) is 5. The summed E-state index contributed by atoms with van der Waals surface area (Å²) in [6.07, 6.45) is 0. The van der Waals surface area contributed by atoms with Crippen LogP contribution in [0.5, 0.6) is 0 Å². The first-order valence-corrected chi connectivity index (χ1v) is 7.20. The monoisotopic (exact) mass is 308 g/mol. The van der Waals surface area contributed by atoms with Crippen molar-refractivity contribution in [3.8, 4) is 0 Å². The van der Waals surface area contributed by atoms with E-state index in [1.54, 1.807) is 11.3 Å². The summed E-state index contributed by atoms with van der Waals surface area (Å²) in [5.74, 6) is 0. The fourth-order valence-corrected chi connectivity index (χ4v) is 3.54. The summed E-state index contributed by atoms with van der Waals surface area (Å²) < 4.78 is 0.779. The van der Waals surface area contributed by atoms with Crippen LogP contribution in [0.1, 0.15) is 9.75 Å². The maximum Gasteiger partial charge on any atom is 0.187 e. The number of thiophene rings is 1. The van der Waals surface area contributed by atoms with Crippen molar-refractivity contribution in [3.05, 3.63) is 31.4 Å². The fourth-order valence-electron chi connectivity index (χ4n) is 1.32. The molecule has 0 aromatic carbocycles. The van der Waals surface area contributed by atoms with Gasteiger partial charge in [-0.3, -0.25) is 0 Å². The van der Waals surface area contributed by atoms with E-state index in [0.717, 1.165) is 20.9 Å². The van der Waals surface area contributed by atoms with Crippen molar-refractivity contribution < 1.29 is 5.11 Å². The van der Waals surface area contributed by atoms with Gasteiger partial charge in [-0.2, -0.15) is 0 Å². The minimum absolute atomic E-state index is 0.0742. The Labute approximate surface area is 117 Å². The number of aliphatic hydroxyl groups is 1. The first-order valence-electron chi connectivity index (χ1n) is 4.81. The lowest BCUT2D eigenvalue weighted by Crippen LogP contribution is -2.14. The van der Waals surface area contributed by atoms with Crippen LogP contribution >= 0.6 is 45.9 Å². The van der Waals surface area contributed by atoms with Crippen molar-refractivity contribution in [1.82, 2.24) is 4.98 Å². The summed E-state index contributed by atoms with van der Waals surface area (Å²) in [5.41, 5.74) is 0. The summed E-state index contributed by atoms with van der Waals surface area (Å²) >= 11 is 14.7. The zero-order valence-corrected chi connectivity index (χ0v) is 12.1. The topological polar surface area (TPSA) is 36.4 Å². The predicted octanol–water partition coefficient (Wildman–Crippen LogP) is 3.64. The lowest BCUT2D eigenvalue weighted by atomic mass is 10.4. The molecule has 0 aliphatic carbocycles. The molecule has 0 aliphatic rings. The Bertz CT molecular complexity index is 512. The molecule has 2 heterocycles. The smallest absolute Gasteiger partial charge is 0.187 e. The zero-order chi connectivity index (χ0) is 12.4. The second-order valence-corrected chi connectivity index (χ2v) is 6.65. The molecule has 0 aliphatic heterocycles. The highest BCUT2D eigenvalue weighted by Crippen LogP contribution is 2.31. The van der Waals surface area contributed by atoms with Gasteiger partial charge in [-0.05, 0) is 12.1 Å². The van der Waals surface area contributed by atoms with Crippen LogP contribution in [0, 0.1) is 0 Å². The van der Waals surface area contributed by atoms with Crippen molar-refractivity contribution in [2.75, 3.05) is 11.9 Å². The third-order valence-electron chi connectivity index (χ3n) is 2.13. The van der Waals surface area contributed by atoms with E-state index in [2.05, 4.69) is 4.98 Å². The van der Waals surface area contributed by atoms with Gasteiger partial charge in [0, 0.05) is 11.9 Å². The molecule has 0 atom stereocenters. The minimum atomic E-state index is -0.0742. The van der Waals surface area contributed by atoms with E-state index in [1.807, 2.05) is 24.1 Å². The van der Waals surface area contributed by atoms with Gasteiger partial charge in [0.1, 0.15) is 5.15 Å². The van der Waals surface area contributed by atoms with Gasteiger partial charge in [0.2, 0.25) is 0 Å². The Morgan fingerprint density at radius 3 is 2.65 bits per heavy atom. The number of hydrogen-bond donors (Lipinski definition) is 1. The molecular weight excluding hydrogens is 299 g/mol. The molecule has 0 unspecified atom stereocenters. The second-order valence-electron chi connectivity index (χ2n) is 3.43. The lowest BCUT2D eigenvalue weighted by molar-refractivity contribution is 0.285. The fraction of sp³-hybridized carbons (Fsp3) is 0.300. The molecule has 0 saturated carbocycles. The Kier molecular flexibility index (Phi) is 4.27. The molecule has 0 spiro atoms. The molecule has 92 valence electrons. The Morgan fingerprint density at radius 2 is 2.12 bits per heavy atom. The largest absolute Gasteiger partial charge is 0.391 e. The summed E-state index contributed by atoms with van der Waals surface area (Å²) in [6, 6.07) is 3.87. The maximum atomic E-state index is 9.06. The molecule has 2 aromatic heterocycles. The van der Waals surface area contributed by atoms with Crippen molar-refractivity contribution in [3.63, 3.8) is 0 Å². The number of thiazole rings is 1. The van der Waals surface area contributed by atoms with Gasteiger partial charge in [0.15, 0.2) is 5.13 Å². The number of aromatic nitrogens is 1. The maximum absolute atomic E-state index is 9.06. The average Bonchev–Trinajstić information content (AvgIpc) is 2.85. The number of anilines is 1. The van der Waals surface area contributed by atoms with Crippen LogP contribution in [-0.4, -0.2) is 17.1 Å². The van der Waals surface area contributed by atoms with Crippen LogP contribution in [0.25, 0.3) is 0 Å². The van der Waals surface area contributed by atoms with Crippen LogP contribution < -0.4 is 4.90 Å². The van der Waals surface area contributed by atoms with Crippen molar-refractivity contribution >= 4 is 51.0 Å². The van der Waals surface area contributed by atoms with E-state index >= 15 is 0 Å². The highest BCUT2D eigenvalue weighted by atomic mass is 35.5. The average molecular weight is 309 g/mol. The van der Waals surface area contributed by atoms with Crippen LogP contribution in [-0.2, 0) is 13.2 Å². The van der Waals surface area contributed by atoms with Gasteiger partial charge in [0.25, 0.3) is 0 Å². The van der Waals surface area contributed by atoms with Gasteiger partial charge in [-0.1, -0.05) is 34.5 Å². The molecule has 17 heavy (non-hydrogen) atoms. The molecular formula is C10H10Cl2N2OS2. The van der Waals surface area contributed by atoms with Gasteiger partial charge < -0.3 is 10.0 Å². The SMILES string of the molecule is CN(Cc1ccc(Cl)s1)c1nc(Cl)c(CO)s1. The molecule has 0 fully saturated rings. The van der Waals surface area contributed by atoms with Crippen LogP contribution in [0.3, 0.4) is 0 Å². The van der Waals surface area contributed by atoms with Gasteiger partial charge in [-0.15, -0.1) is 11.3 Å². The van der Waals surface area contributed by atoms with Crippen LogP contribution in [0.15, 0.2) is 12.1 Å². The molecule has 0 saturated heterocycles. The summed E-state index contributed by atoms with van der Waals surface area (Å²) in [6.45, 7) is 0.654. The van der Waals surface area contributed by atoms with Gasteiger partial charge in [0.05, 0.1) is 22.4 Å². The van der Waals surface area contributed by atoms with E-state index in [-0.39, 0.29) is 6.61 Å². The minimum Gasteiger partial charge on any atom is -0.391 e. The van der Waals surface area contributed by atoms with E-state index in [4.69, 9.17) is 28.3 Å². The first kappa shape index (κ1) is 13.1. The number of halogens is 2. The number of aliphatic hydroxyl groups excluding tert-OH is 1. The van der Waals surface area contributed by atoms with E-state index < -0.39 is 0 Å². The zero-order valence-electron chi connectivity index (χ0n) is 8.98. The van der Waals surface area contributed by atoms with Crippen molar-refractivity contribution in [1.29, 1.82) is 0 Å². The predicted molar refractivity (Wildman–Crippen MR) is 74.5 cm³/mol. The van der Waals surface area contributed by atoms with Crippen LogP contribution in [0.2, 0.25) is 9.49 Å². The highest BCUT2D eigenvalue weighted by Gasteiger charge is 2.12. The van der Waals surface area contributed by atoms with Gasteiger partial charge >= 0.3 is 0 Å². The normalized spacial score (nSPS) is 10.8. The summed E-state index contributed by atoms with van der Waals surface area (Å²) in [4.78, 5) is 8.04. The molecule has 2 aromatic rings. The van der Waals surface area contributed by atoms with Crippen molar-refractivity contribution in [2.45, 2.75) is 13.2 Å². The second kappa shape index (κ2) is 5.54. The van der Waals surface area contributed by atoms with Gasteiger partial charge in [-0.25, -0.2) is 4.98 Å². The Balaban J connectivity index is 2.11. The molecule has 7 heteroatoms. The molecule has 0 amide bonds. The molecule has 3 nitrogen and oxygen atoms in total. The Hall–Kier alpha value is -0.330. The van der Waals surface area contributed by atoms with E-state index in [1.165, 1.54) is 11.3 Å². The molecule has 0 bridgehead atoms. The lowest BCUT2D eigenvalue weighted by Gasteiger charge is -2.13. The summed E-state index contributed by atoms with van der Waals surface area (Å²) in [7, 11) is 1.93. The third kappa shape index (κ3) is 3.11. The third-order valence-corrected chi connectivity index (χ3v) is 4.93. The first-order chi connectivity index (χ1) is 8.10. The number of rotatable bonds is 4. The van der Waals surface area contributed by atoms with Crippen molar-refractivity contribution in [2.24, 2.45) is 0 Å². The number of nitrogens with zero attached hydrogens (tertiary/aromatic N) is 2. The highest BCUT2D eigenvalue weighted by molar-refractivity contribution is 7.16. The molecule has 1 N–H and O–H groups in total.